The van der Waals surface area contributed by atoms with Crippen molar-refractivity contribution in [2.24, 2.45) is 0 Å². The molecule has 1 amide bonds. The molecule has 2 fully saturated rings. The van der Waals surface area contributed by atoms with E-state index in [2.05, 4.69) is 35.8 Å². The first kappa shape index (κ1) is 16.3. The molecule has 2 aliphatic rings. The van der Waals surface area contributed by atoms with E-state index in [1.807, 2.05) is 12.1 Å². The van der Waals surface area contributed by atoms with Crippen LogP contribution in [0, 0.1) is 0 Å². The average Bonchev–Trinajstić information content (AvgIpc) is 2.62. The van der Waals surface area contributed by atoms with E-state index >= 15 is 0 Å². The summed E-state index contributed by atoms with van der Waals surface area (Å²) in [7, 11) is 0. The van der Waals surface area contributed by atoms with Crippen molar-refractivity contribution in [3.05, 3.63) is 29.8 Å². The molecule has 1 aliphatic heterocycles. The van der Waals surface area contributed by atoms with Gasteiger partial charge in [-0.3, -0.25) is 4.79 Å². The van der Waals surface area contributed by atoms with Gasteiger partial charge in [0.05, 0.1) is 18.8 Å². The Kier molecular flexibility index (Phi) is 5.21. The lowest BCUT2D eigenvalue weighted by molar-refractivity contribution is -0.0752. The summed E-state index contributed by atoms with van der Waals surface area (Å²) in [5.41, 5.74) is 1.98. The molecular formula is C19H28N2O2. The molecule has 1 saturated carbocycles. The number of carbonyl (C=O) groups is 1. The third kappa shape index (κ3) is 3.37. The Labute approximate surface area is 139 Å². The first-order chi connectivity index (χ1) is 11.2. The number of benzene rings is 1. The number of carbonyl (C=O) groups excluding carboxylic acids is 1. The van der Waals surface area contributed by atoms with Crippen LogP contribution in [0.5, 0.6) is 0 Å². The predicted molar refractivity (Wildman–Crippen MR) is 93.0 cm³/mol. The summed E-state index contributed by atoms with van der Waals surface area (Å²) in [5, 5.41) is 0. The molecule has 4 heteroatoms. The standard InChI is InChI=1S/C19H28N2O2/c1-3-20(4-2)16-11-9-15(10-12-16)19(22)21-13-14-23-18-8-6-5-7-17(18)21/h9-12,17-18H,3-8,13-14H2,1-2H3. The number of fused-ring (bicyclic) bond motifs is 1. The average molecular weight is 316 g/mol. The maximum atomic E-state index is 12.9. The molecule has 0 aromatic heterocycles. The third-order valence-electron chi connectivity index (χ3n) is 5.24. The van der Waals surface area contributed by atoms with Crippen LogP contribution in [0.3, 0.4) is 0 Å². The Morgan fingerprint density at radius 2 is 1.87 bits per heavy atom. The van der Waals surface area contributed by atoms with Crippen LogP contribution < -0.4 is 4.90 Å². The zero-order valence-corrected chi connectivity index (χ0v) is 14.3. The van der Waals surface area contributed by atoms with Crippen LogP contribution in [-0.2, 0) is 4.74 Å². The molecule has 2 atom stereocenters. The summed E-state index contributed by atoms with van der Waals surface area (Å²) in [4.78, 5) is 17.3. The van der Waals surface area contributed by atoms with E-state index < -0.39 is 0 Å². The van der Waals surface area contributed by atoms with Crippen LogP contribution >= 0.6 is 0 Å². The molecule has 3 rings (SSSR count). The normalized spacial score (nSPS) is 24.2. The second kappa shape index (κ2) is 7.35. The summed E-state index contributed by atoms with van der Waals surface area (Å²) in [6.07, 6.45) is 4.84. The topological polar surface area (TPSA) is 32.8 Å². The highest BCUT2D eigenvalue weighted by Crippen LogP contribution is 2.29. The van der Waals surface area contributed by atoms with Crippen LogP contribution in [0.25, 0.3) is 0 Å². The first-order valence-electron chi connectivity index (χ1n) is 9.02. The summed E-state index contributed by atoms with van der Waals surface area (Å²) in [6.45, 7) is 7.66. The van der Waals surface area contributed by atoms with Gasteiger partial charge in [-0.1, -0.05) is 12.8 Å². The summed E-state index contributed by atoms with van der Waals surface area (Å²) in [5.74, 6) is 0.163. The molecule has 126 valence electrons. The van der Waals surface area contributed by atoms with E-state index in [0.29, 0.717) is 6.61 Å². The van der Waals surface area contributed by atoms with Crippen molar-refractivity contribution in [2.45, 2.75) is 51.7 Å². The number of morpholine rings is 1. The lowest BCUT2D eigenvalue weighted by atomic mass is 9.89. The van der Waals surface area contributed by atoms with Crippen LogP contribution in [0.1, 0.15) is 49.9 Å². The highest BCUT2D eigenvalue weighted by molar-refractivity contribution is 5.95. The molecular weight excluding hydrogens is 288 g/mol. The molecule has 0 radical (unpaired) electrons. The molecule has 0 spiro atoms. The van der Waals surface area contributed by atoms with E-state index in [0.717, 1.165) is 38.0 Å². The number of nitrogens with zero attached hydrogens (tertiary/aromatic N) is 2. The van der Waals surface area contributed by atoms with Gasteiger partial charge in [-0.25, -0.2) is 0 Å². The van der Waals surface area contributed by atoms with Gasteiger partial charge in [-0.05, 0) is 51.0 Å². The van der Waals surface area contributed by atoms with Crippen molar-refractivity contribution in [2.75, 3.05) is 31.1 Å². The molecule has 2 unspecified atom stereocenters. The Hall–Kier alpha value is -1.55. The number of anilines is 1. The maximum Gasteiger partial charge on any atom is 0.254 e. The second-order valence-electron chi connectivity index (χ2n) is 6.48. The van der Waals surface area contributed by atoms with Gasteiger partial charge in [0.2, 0.25) is 0 Å². The number of ether oxygens (including phenoxy) is 1. The predicted octanol–water partition coefficient (Wildman–Crippen LogP) is 3.32. The van der Waals surface area contributed by atoms with Gasteiger partial charge in [0.25, 0.3) is 5.91 Å². The van der Waals surface area contributed by atoms with Gasteiger partial charge in [0.1, 0.15) is 0 Å². The largest absolute Gasteiger partial charge is 0.374 e. The Bertz CT molecular complexity index is 523. The highest BCUT2D eigenvalue weighted by Gasteiger charge is 2.36. The monoisotopic (exact) mass is 316 g/mol. The maximum absolute atomic E-state index is 12.9. The zero-order valence-electron chi connectivity index (χ0n) is 14.3. The van der Waals surface area contributed by atoms with Crippen molar-refractivity contribution in [3.63, 3.8) is 0 Å². The summed E-state index contributed by atoms with van der Waals surface area (Å²) >= 11 is 0. The lowest BCUT2D eigenvalue weighted by Crippen LogP contribution is -2.54. The zero-order chi connectivity index (χ0) is 16.2. The molecule has 0 bridgehead atoms. The minimum absolute atomic E-state index is 0.163. The van der Waals surface area contributed by atoms with E-state index in [4.69, 9.17) is 4.74 Å². The van der Waals surface area contributed by atoms with Crippen LogP contribution in [-0.4, -0.2) is 49.2 Å². The summed E-state index contributed by atoms with van der Waals surface area (Å²) < 4.78 is 5.88. The van der Waals surface area contributed by atoms with Crippen LogP contribution in [0.15, 0.2) is 24.3 Å². The molecule has 4 nitrogen and oxygen atoms in total. The van der Waals surface area contributed by atoms with E-state index in [1.54, 1.807) is 0 Å². The van der Waals surface area contributed by atoms with Crippen LogP contribution in [0.2, 0.25) is 0 Å². The molecule has 0 N–H and O–H groups in total. The summed E-state index contributed by atoms with van der Waals surface area (Å²) in [6, 6.07) is 8.36. The van der Waals surface area contributed by atoms with Crippen molar-refractivity contribution < 1.29 is 9.53 Å². The first-order valence-corrected chi connectivity index (χ1v) is 9.02. The van der Waals surface area contributed by atoms with Gasteiger partial charge in [0.15, 0.2) is 0 Å². The molecule has 1 aromatic rings. The van der Waals surface area contributed by atoms with Crippen molar-refractivity contribution in [1.29, 1.82) is 0 Å². The fraction of sp³-hybridized carbons (Fsp3) is 0.632. The van der Waals surface area contributed by atoms with Crippen molar-refractivity contribution >= 4 is 11.6 Å². The SMILES string of the molecule is CCN(CC)c1ccc(C(=O)N2CCOC3CCCCC32)cc1. The van der Waals surface area contributed by atoms with Gasteiger partial charge >= 0.3 is 0 Å². The van der Waals surface area contributed by atoms with Gasteiger partial charge in [-0.15, -0.1) is 0 Å². The molecule has 23 heavy (non-hydrogen) atoms. The Morgan fingerprint density at radius 3 is 2.57 bits per heavy atom. The van der Waals surface area contributed by atoms with Crippen molar-refractivity contribution in [1.82, 2.24) is 4.90 Å². The molecule has 1 aliphatic carbocycles. The van der Waals surface area contributed by atoms with Gasteiger partial charge < -0.3 is 14.5 Å². The minimum atomic E-state index is 0.163. The van der Waals surface area contributed by atoms with Crippen LogP contribution in [0.4, 0.5) is 5.69 Å². The quantitative estimate of drug-likeness (QED) is 0.854. The number of hydrogen-bond donors (Lipinski definition) is 0. The number of hydrogen-bond acceptors (Lipinski definition) is 3. The minimum Gasteiger partial charge on any atom is -0.374 e. The number of amides is 1. The van der Waals surface area contributed by atoms with E-state index in [-0.39, 0.29) is 18.1 Å². The Balaban J connectivity index is 1.74. The van der Waals surface area contributed by atoms with E-state index in [9.17, 15) is 4.79 Å². The fourth-order valence-corrected chi connectivity index (χ4v) is 3.92. The van der Waals surface area contributed by atoms with E-state index in [1.165, 1.54) is 18.5 Å². The smallest absolute Gasteiger partial charge is 0.254 e. The number of rotatable bonds is 4. The van der Waals surface area contributed by atoms with Gasteiger partial charge in [-0.2, -0.15) is 0 Å². The molecule has 1 aromatic carbocycles. The fourth-order valence-electron chi connectivity index (χ4n) is 3.92. The molecule has 1 saturated heterocycles. The molecule has 1 heterocycles. The Morgan fingerprint density at radius 1 is 1.17 bits per heavy atom. The lowest BCUT2D eigenvalue weighted by Gasteiger charge is -2.43. The van der Waals surface area contributed by atoms with Crippen molar-refractivity contribution in [3.8, 4) is 0 Å². The highest BCUT2D eigenvalue weighted by atomic mass is 16.5. The van der Waals surface area contributed by atoms with Gasteiger partial charge in [0, 0.05) is 30.9 Å². The third-order valence-corrected chi connectivity index (χ3v) is 5.24. The second-order valence-corrected chi connectivity index (χ2v) is 6.48.